The lowest BCUT2D eigenvalue weighted by molar-refractivity contribution is -0.305. The van der Waals surface area contributed by atoms with E-state index in [-0.39, 0.29) is 46.7 Å². The molecule has 46 heavy (non-hydrogen) atoms. The molecule has 2 unspecified atom stereocenters. The van der Waals surface area contributed by atoms with Gasteiger partial charge in [0.25, 0.3) is 0 Å². The first-order valence-electron chi connectivity index (χ1n) is 14.2. The van der Waals surface area contributed by atoms with Crippen LogP contribution < -0.4 is 18.9 Å². The van der Waals surface area contributed by atoms with Crippen LogP contribution in [0.5, 0.6) is 40.2 Å². The molecular formula is C31H32O15. The summed E-state index contributed by atoms with van der Waals surface area (Å²) >= 11 is 0. The fourth-order valence-corrected chi connectivity index (χ4v) is 5.66. The summed E-state index contributed by atoms with van der Waals surface area (Å²) in [6, 6.07) is 11.1. The molecule has 6 rings (SSSR count). The molecule has 3 aromatic carbocycles. The SMILES string of the molecule is COc1cc(C2Oc3cc([C@@H]4Oc5cc(O)cc(O)c5C(=O)[C@H]4O)ccc3OC2CO[C@@H]2O[C@H](CO)[C@@H](O)[C@H](O)[C@H]2O)ccc1O. The Morgan fingerprint density at radius 2 is 1.46 bits per heavy atom. The van der Waals surface area contributed by atoms with Crippen LogP contribution >= 0.6 is 0 Å². The number of ketones is 1. The number of aliphatic hydroxyl groups is 5. The quantitative estimate of drug-likeness (QED) is 0.171. The van der Waals surface area contributed by atoms with E-state index in [0.29, 0.717) is 11.1 Å². The van der Waals surface area contributed by atoms with Gasteiger partial charge < -0.3 is 69.3 Å². The van der Waals surface area contributed by atoms with Gasteiger partial charge in [-0.05, 0) is 29.8 Å². The third kappa shape index (κ3) is 5.62. The summed E-state index contributed by atoms with van der Waals surface area (Å²) in [5.41, 5.74) is 0.509. The highest BCUT2D eigenvalue weighted by Gasteiger charge is 2.45. The van der Waals surface area contributed by atoms with Crippen LogP contribution in [0.2, 0.25) is 0 Å². The number of carbonyl (C=O) groups excluding carboxylic acids is 1. The maximum Gasteiger partial charge on any atom is 0.202 e. The standard InChI is InChI=1S/C31H32O15/c1-41-18-6-12(2-4-15(18)34)29-22(11-42-31-28(40)26(38)24(36)21(10-32)46-31)43-17-5-3-13(7-19(17)44-29)30-27(39)25(37)23-16(35)8-14(33)9-20(23)45-30/h2-9,21-22,24,26-36,38-40H,10-11H2,1H3/t21-,22?,24-,26+,27-,28-,29?,30+,31-/m1/s1. The molecule has 15 nitrogen and oxygen atoms in total. The average molecular weight is 645 g/mol. The molecule has 3 heterocycles. The van der Waals surface area contributed by atoms with Crippen LogP contribution in [0.1, 0.15) is 33.7 Å². The van der Waals surface area contributed by atoms with Crippen LogP contribution in [0.4, 0.5) is 0 Å². The summed E-state index contributed by atoms with van der Waals surface area (Å²) in [5.74, 6) is -1.41. The van der Waals surface area contributed by atoms with Crippen molar-refractivity contribution in [3.8, 4) is 40.2 Å². The molecule has 0 aliphatic carbocycles. The van der Waals surface area contributed by atoms with Crippen LogP contribution in [0.3, 0.4) is 0 Å². The van der Waals surface area contributed by atoms with Crippen LogP contribution in [-0.2, 0) is 9.47 Å². The van der Waals surface area contributed by atoms with Crippen molar-refractivity contribution in [2.24, 2.45) is 0 Å². The Bertz CT molecular complexity index is 1610. The minimum atomic E-state index is -1.71. The molecule has 3 aromatic rings. The Kier molecular flexibility index (Phi) is 8.56. The number of methoxy groups -OCH3 is 1. The fourth-order valence-electron chi connectivity index (χ4n) is 5.66. The van der Waals surface area contributed by atoms with Crippen LogP contribution in [-0.4, -0.2) is 110 Å². The normalized spacial score (nSPS) is 30.3. The number of Topliss-reactive ketones (excluding diaryl/α,β-unsaturated/α-hetero) is 1. The monoisotopic (exact) mass is 644 g/mol. The fraction of sp³-hybridized carbons (Fsp3) is 0.387. The van der Waals surface area contributed by atoms with Gasteiger partial charge in [0, 0.05) is 17.7 Å². The molecule has 0 saturated carbocycles. The summed E-state index contributed by atoms with van der Waals surface area (Å²) in [6.45, 7) is -0.932. The molecule has 9 atom stereocenters. The lowest BCUT2D eigenvalue weighted by Crippen LogP contribution is -2.59. The number of hydrogen-bond donors (Lipinski definition) is 8. The van der Waals surface area contributed by atoms with Crippen LogP contribution in [0.15, 0.2) is 48.5 Å². The molecule has 1 fully saturated rings. The van der Waals surface area contributed by atoms with Gasteiger partial charge in [-0.25, -0.2) is 0 Å². The lowest BCUT2D eigenvalue weighted by atomic mass is 9.92. The Morgan fingerprint density at radius 3 is 2.20 bits per heavy atom. The van der Waals surface area contributed by atoms with Crippen molar-refractivity contribution in [3.63, 3.8) is 0 Å². The van der Waals surface area contributed by atoms with Crippen molar-refractivity contribution < 1.29 is 74.1 Å². The van der Waals surface area contributed by atoms with E-state index >= 15 is 0 Å². The van der Waals surface area contributed by atoms with Crippen molar-refractivity contribution in [1.29, 1.82) is 0 Å². The molecular weight excluding hydrogens is 612 g/mol. The second-order valence-electron chi connectivity index (χ2n) is 11.0. The molecule has 8 N–H and O–H groups in total. The molecule has 0 spiro atoms. The van der Waals surface area contributed by atoms with Crippen LogP contribution in [0.25, 0.3) is 0 Å². The highest BCUT2D eigenvalue weighted by atomic mass is 16.7. The predicted octanol–water partition coefficient (Wildman–Crippen LogP) is 0.187. The van der Waals surface area contributed by atoms with Gasteiger partial charge in [-0.15, -0.1) is 0 Å². The Labute approximate surface area is 260 Å². The number of phenols is 3. The van der Waals surface area contributed by atoms with E-state index in [1.54, 1.807) is 6.07 Å². The van der Waals surface area contributed by atoms with Crippen LogP contribution in [0, 0.1) is 0 Å². The van der Waals surface area contributed by atoms with Gasteiger partial charge in [-0.3, -0.25) is 4.79 Å². The summed E-state index contributed by atoms with van der Waals surface area (Å²) in [6.07, 6.45) is -12.3. The molecule has 246 valence electrons. The number of rotatable bonds is 7. The Morgan fingerprint density at radius 1 is 0.739 bits per heavy atom. The van der Waals surface area contributed by atoms with Gasteiger partial charge in [0.05, 0.1) is 20.3 Å². The smallest absolute Gasteiger partial charge is 0.202 e. The van der Waals surface area contributed by atoms with E-state index in [0.717, 1.165) is 12.1 Å². The third-order valence-electron chi connectivity index (χ3n) is 8.09. The highest BCUT2D eigenvalue weighted by molar-refractivity contribution is 6.05. The number of aliphatic hydroxyl groups excluding tert-OH is 5. The number of ether oxygens (including phenoxy) is 6. The maximum absolute atomic E-state index is 12.9. The summed E-state index contributed by atoms with van der Waals surface area (Å²) < 4.78 is 34.8. The average Bonchev–Trinajstić information content (AvgIpc) is 3.04. The molecule has 0 amide bonds. The number of phenolic OH excluding ortho intramolecular Hbond substituents is 3. The molecule has 15 heteroatoms. The maximum atomic E-state index is 12.9. The number of benzene rings is 3. The van der Waals surface area contributed by atoms with Gasteiger partial charge in [0.15, 0.2) is 53.7 Å². The second-order valence-corrected chi connectivity index (χ2v) is 11.0. The van der Waals surface area contributed by atoms with E-state index in [2.05, 4.69) is 0 Å². The summed E-state index contributed by atoms with van der Waals surface area (Å²) in [5, 5.41) is 81.2. The first-order chi connectivity index (χ1) is 22.0. The topological polar surface area (TPSA) is 234 Å². The largest absolute Gasteiger partial charge is 0.508 e. The van der Waals surface area contributed by atoms with Crippen molar-refractivity contribution in [3.05, 3.63) is 65.2 Å². The molecule has 0 bridgehead atoms. The van der Waals surface area contributed by atoms with Crippen molar-refractivity contribution >= 4 is 5.78 Å². The van der Waals surface area contributed by atoms with Crippen molar-refractivity contribution in [2.45, 2.75) is 55.1 Å². The first kappa shape index (κ1) is 31.6. The number of carbonyl (C=O) groups is 1. The Balaban J connectivity index is 1.30. The molecule has 3 aliphatic rings. The molecule has 0 radical (unpaired) electrons. The van der Waals surface area contributed by atoms with Gasteiger partial charge in [-0.1, -0.05) is 12.1 Å². The second kappa shape index (κ2) is 12.4. The first-order valence-corrected chi connectivity index (χ1v) is 14.2. The van der Waals surface area contributed by atoms with E-state index in [9.17, 15) is 45.6 Å². The molecule has 0 aromatic heterocycles. The van der Waals surface area contributed by atoms with E-state index in [1.807, 2.05) is 0 Å². The van der Waals surface area contributed by atoms with E-state index in [4.69, 9.17) is 28.4 Å². The Hall–Kier alpha value is -4.35. The predicted molar refractivity (Wildman–Crippen MR) is 152 cm³/mol. The number of hydrogen-bond acceptors (Lipinski definition) is 15. The summed E-state index contributed by atoms with van der Waals surface area (Å²) in [4.78, 5) is 12.9. The van der Waals surface area contributed by atoms with Gasteiger partial charge >= 0.3 is 0 Å². The van der Waals surface area contributed by atoms with Crippen molar-refractivity contribution in [2.75, 3.05) is 20.3 Å². The molecule has 1 saturated heterocycles. The van der Waals surface area contributed by atoms with Crippen molar-refractivity contribution in [1.82, 2.24) is 0 Å². The lowest BCUT2D eigenvalue weighted by Gasteiger charge is -2.41. The van der Waals surface area contributed by atoms with E-state index in [1.165, 1.54) is 37.4 Å². The van der Waals surface area contributed by atoms with Gasteiger partial charge in [0.2, 0.25) is 5.78 Å². The third-order valence-corrected chi connectivity index (χ3v) is 8.09. The van der Waals surface area contributed by atoms with Gasteiger partial charge in [-0.2, -0.15) is 0 Å². The summed E-state index contributed by atoms with van der Waals surface area (Å²) in [7, 11) is 1.37. The zero-order valence-corrected chi connectivity index (χ0v) is 24.2. The van der Waals surface area contributed by atoms with Gasteiger partial charge in [0.1, 0.15) is 47.2 Å². The zero-order valence-electron chi connectivity index (χ0n) is 24.2. The highest BCUT2D eigenvalue weighted by Crippen LogP contribution is 2.46. The number of fused-ring (bicyclic) bond motifs is 2. The zero-order chi connectivity index (χ0) is 32.9. The molecule has 3 aliphatic heterocycles. The minimum absolute atomic E-state index is 0.118. The van der Waals surface area contributed by atoms with E-state index < -0.39 is 73.3 Å². The number of aromatic hydroxyl groups is 3. The minimum Gasteiger partial charge on any atom is -0.508 e.